The first-order valence-corrected chi connectivity index (χ1v) is 8.82. The number of nitrogens with zero attached hydrogens (tertiary/aromatic N) is 2. The molecule has 0 aliphatic heterocycles. The number of aryl methyl sites for hydroxylation is 1. The molecule has 0 spiro atoms. The third-order valence-electron chi connectivity index (χ3n) is 4.53. The van der Waals surface area contributed by atoms with E-state index in [0.29, 0.717) is 11.4 Å². The molecule has 0 aliphatic carbocycles. The zero-order chi connectivity index (χ0) is 20.5. The van der Waals surface area contributed by atoms with Crippen LogP contribution in [-0.2, 0) is 0 Å². The molecular weight excluding hydrogens is 373 g/mol. The number of hydrogen-bond acceptors (Lipinski definition) is 4. The van der Waals surface area contributed by atoms with Crippen LogP contribution in [0.2, 0.25) is 0 Å². The van der Waals surface area contributed by atoms with Crippen molar-refractivity contribution < 1.29 is 14.3 Å². The Morgan fingerprint density at radius 3 is 2.45 bits per heavy atom. The van der Waals surface area contributed by atoms with Gasteiger partial charge in [0.05, 0.1) is 11.1 Å². The van der Waals surface area contributed by atoms with Crippen LogP contribution in [0.25, 0.3) is 16.7 Å². The first-order chi connectivity index (χ1) is 14.0. The Bertz CT molecular complexity index is 1280. The Kier molecular flexibility index (Phi) is 4.56. The van der Waals surface area contributed by atoms with Crippen molar-refractivity contribution in [3.8, 4) is 11.4 Å². The number of aromatic nitrogens is 2. The number of carbonyl (C=O) groups excluding carboxylic acids is 1. The van der Waals surface area contributed by atoms with Gasteiger partial charge in [0.15, 0.2) is 5.65 Å². The van der Waals surface area contributed by atoms with Crippen molar-refractivity contribution in [1.29, 1.82) is 0 Å². The third kappa shape index (κ3) is 3.34. The number of amides is 1. The normalized spacial score (nSPS) is 10.8. The van der Waals surface area contributed by atoms with Crippen LogP contribution in [0.4, 0.5) is 10.1 Å². The van der Waals surface area contributed by atoms with Gasteiger partial charge in [-0.1, -0.05) is 17.7 Å². The van der Waals surface area contributed by atoms with Crippen LogP contribution in [0.15, 0.2) is 71.7 Å². The van der Waals surface area contributed by atoms with Gasteiger partial charge in [-0.3, -0.25) is 14.2 Å². The summed E-state index contributed by atoms with van der Waals surface area (Å²) < 4.78 is 14.5. The van der Waals surface area contributed by atoms with E-state index in [2.05, 4.69) is 10.3 Å². The van der Waals surface area contributed by atoms with Gasteiger partial charge in [0.1, 0.15) is 17.1 Å². The SMILES string of the molecule is Cc1ccc(NC(=O)c2c(O)c3cccnc3n(-c3ccc(F)cc3)c2=O)cc1. The average molecular weight is 389 g/mol. The minimum absolute atomic E-state index is 0.161. The van der Waals surface area contributed by atoms with E-state index < -0.39 is 28.6 Å². The number of anilines is 1. The molecule has 2 aromatic heterocycles. The number of hydrogen-bond donors (Lipinski definition) is 2. The Morgan fingerprint density at radius 2 is 1.76 bits per heavy atom. The molecule has 1 amide bonds. The van der Waals surface area contributed by atoms with E-state index in [-0.39, 0.29) is 11.0 Å². The lowest BCUT2D eigenvalue weighted by Gasteiger charge is -2.14. The summed E-state index contributed by atoms with van der Waals surface area (Å²) in [7, 11) is 0. The summed E-state index contributed by atoms with van der Waals surface area (Å²) in [6.07, 6.45) is 1.47. The zero-order valence-electron chi connectivity index (χ0n) is 15.4. The summed E-state index contributed by atoms with van der Waals surface area (Å²) in [4.78, 5) is 30.2. The van der Waals surface area contributed by atoms with E-state index in [1.165, 1.54) is 35.0 Å². The van der Waals surface area contributed by atoms with Crippen LogP contribution < -0.4 is 10.9 Å². The van der Waals surface area contributed by atoms with Gasteiger partial charge in [-0.2, -0.15) is 0 Å². The Labute approximate surface area is 164 Å². The summed E-state index contributed by atoms with van der Waals surface area (Å²) in [6, 6.07) is 15.4. The fraction of sp³-hybridized carbons (Fsp3) is 0.0455. The standard InChI is InChI=1S/C22H16FN3O3/c1-13-4-8-15(9-5-13)25-21(28)18-19(27)17-3-2-12-24-20(17)26(22(18)29)16-10-6-14(23)7-11-16/h2-12,27H,1H3,(H,25,28). The highest BCUT2D eigenvalue weighted by Crippen LogP contribution is 2.27. The Balaban J connectivity index is 1.92. The van der Waals surface area contributed by atoms with Gasteiger partial charge in [-0.25, -0.2) is 9.37 Å². The first-order valence-electron chi connectivity index (χ1n) is 8.82. The Hall–Kier alpha value is -4.00. The lowest BCUT2D eigenvalue weighted by molar-refractivity contribution is 0.102. The second-order valence-corrected chi connectivity index (χ2v) is 6.54. The van der Waals surface area contributed by atoms with Crippen LogP contribution in [0.5, 0.6) is 5.75 Å². The molecule has 0 bridgehead atoms. The highest BCUT2D eigenvalue weighted by Gasteiger charge is 2.23. The van der Waals surface area contributed by atoms with E-state index in [1.807, 2.05) is 19.1 Å². The number of nitrogens with one attached hydrogen (secondary N) is 1. The van der Waals surface area contributed by atoms with Crippen molar-refractivity contribution in [2.24, 2.45) is 0 Å². The molecule has 4 rings (SSSR count). The van der Waals surface area contributed by atoms with Crippen molar-refractivity contribution in [3.05, 3.63) is 94.2 Å². The lowest BCUT2D eigenvalue weighted by atomic mass is 10.1. The van der Waals surface area contributed by atoms with Crippen LogP contribution in [0, 0.1) is 12.7 Å². The molecule has 144 valence electrons. The summed E-state index contributed by atoms with van der Waals surface area (Å²) >= 11 is 0. The van der Waals surface area contributed by atoms with Gasteiger partial charge in [0.25, 0.3) is 11.5 Å². The zero-order valence-corrected chi connectivity index (χ0v) is 15.4. The molecule has 2 aromatic carbocycles. The summed E-state index contributed by atoms with van der Waals surface area (Å²) in [5.41, 5.74) is 0.804. The number of pyridine rings is 2. The monoisotopic (exact) mass is 389 g/mol. The van der Waals surface area contributed by atoms with Crippen molar-refractivity contribution >= 4 is 22.6 Å². The van der Waals surface area contributed by atoms with Crippen molar-refractivity contribution in [2.45, 2.75) is 6.92 Å². The van der Waals surface area contributed by atoms with Crippen molar-refractivity contribution in [1.82, 2.24) is 9.55 Å². The molecule has 0 unspecified atom stereocenters. The quantitative estimate of drug-likeness (QED) is 0.558. The molecule has 29 heavy (non-hydrogen) atoms. The van der Waals surface area contributed by atoms with E-state index in [4.69, 9.17) is 0 Å². The molecule has 7 heteroatoms. The molecule has 0 fully saturated rings. The second-order valence-electron chi connectivity index (χ2n) is 6.54. The van der Waals surface area contributed by atoms with Crippen LogP contribution in [0.1, 0.15) is 15.9 Å². The summed E-state index contributed by atoms with van der Waals surface area (Å²) in [6.45, 7) is 1.91. The number of aromatic hydroxyl groups is 1. The molecule has 0 saturated carbocycles. The molecule has 0 aliphatic rings. The second kappa shape index (κ2) is 7.20. The smallest absolute Gasteiger partial charge is 0.273 e. The van der Waals surface area contributed by atoms with Crippen LogP contribution in [-0.4, -0.2) is 20.6 Å². The van der Waals surface area contributed by atoms with Gasteiger partial charge in [0.2, 0.25) is 0 Å². The molecule has 0 atom stereocenters. The largest absolute Gasteiger partial charge is 0.506 e. The predicted octanol–water partition coefficient (Wildman–Crippen LogP) is 3.79. The third-order valence-corrected chi connectivity index (χ3v) is 4.53. The van der Waals surface area contributed by atoms with Gasteiger partial charge < -0.3 is 10.4 Å². The van der Waals surface area contributed by atoms with E-state index >= 15 is 0 Å². The number of benzene rings is 2. The average Bonchev–Trinajstić information content (AvgIpc) is 2.71. The van der Waals surface area contributed by atoms with Crippen LogP contribution >= 0.6 is 0 Å². The van der Waals surface area contributed by atoms with Crippen molar-refractivity contribution in [2.75, 3.05) is 5.32 Å². The van der Waals surface area contributed by atoms with E-state index in [9.17, 15) is 19.1 Å². The summed E-state index contributed by atoms with van der Waals surface area (Å²) in [5.74, 6) is -1.67. The molecular formula is C22H16FN3O3. The maximum absolute atomic E-state index is 13.4. The van der Waals surface area contributed by atoms with Crippen LogP contribution in [0.3, 0.4) is 0 Å². The maximum Gasteiger partial charge on any atom is 0.273 e. The fourth-order valence-corrected chi connectivity index (χ4v) is 3.07. The minimum atomic E-state index is -0.759. The number of halogens is 1. The minimum Gasteiger partial charge on any atom is -0.506 e. The number of rotatable bonds is 3. The molecule has 0 radical (unpaired) electrons. The molecule has 2 heterocycles. The number of fused-ring (bicyclic) bond motifs is 1. The Morgan fingerprint density at radius 1 is 1.07 bits per heavy atom. The first kappa shape index (κ1) is 18.4. The van der Waals surface area contributed by atoms with Crippen molar-refractivity contribution in [3.63, 3.8) is 0 Å². The topological polar surface area (TPSA) is 84.2 Å². The summed E-state index contributed by atoms with van der Waals surface area (Å²) in [5, 5.41) is 13.5. The van der Waals surface area contributed by atoms with E-state index in [0.717, 1.165) is 5.56 Å². The van der Waals surface area contributed by atoms with E-state index in [1.54, 1.807) is 24.3 Å². The number of carbonyl (C=O) groups is 1. The van der Waals surface area contributed by atoms with Gasteiger partial charge in [-0.05, 0) is 55.5 Å². The highest BCUT2D eigenvalue weighted by atomic mass is 19.1. The molecule has 4 aromatic rings. The van der Waals surface area contributed by atoms with Gasteiger partial charge in [0, 0.05) is 11.9 Å². The predicted molar refractivity (Wildman–Crippen MR) is 108 cm³/mol. The lowest BCUT2D eigenvalue weighted by Crippen LogP contribution is -2.29. The molecule has 0 saturated heterocycles. The highest BCUT2D eigenvalue weighted by molar-refractivity contribution is 6.09. The maximum atomic E-state index is 13.4. The van der Waals surface area contributed by atoms with Gasteiger partial charge in [-0.15, -0.1) is 0 Å². The molecule has 2 N–H and O–H groups in total. The molecule has 6 nitrogen and oxygen atoms in total. The fourth-order valence-electron chi connectivity index (χ4n) is 3.07. The van der Waals surface area contributed by atoms with Gasteiger partial charge >= 0.3 is 0 Å².